The highest BCUT2D eigenvalue weighted by Crippen LogP contribution is 2.23. The molecular weight excluding hydrogens is 453 g/mol. The zero-order chi connectivity index (χ0) is 22.3. The van der Waals surface area contributed by atoms with E-state index in [1.165, 1.54) is 35.7 Å². The first-order chi connectivity index (χ1) is 14.1. The number of carbonyl (C=O) groups is 1. The van der Waals surface area contributed by atoms with Gasteiger partial charge >= 0.3 is 11.9 Å². The molecule has 0 aliphatic heterocycles. The molecule has 0 atom stereocenters. The van der Waals surface area contributed by atoms with Crippen molar-refractivity contribution in [1.82, 2.24) is 0 Å². The molecule has 4 N–H and O–H groups in total. The number of anilines is 1. The number of hydrogen-bond donors (Lipinski definition) is 3. The molecule has 0 amide bonds. The van der Waals surface area contributed by atoms with Crippen LogP contribution in [0.3, 0.4) is 0 Å². The Hall–Kier alpha value is -2.59. The molecule has 0 fully saturated rings. The quantitative estimate of drug-likeness (QED) is 0.224. The Kier molecular flexibility index (Phi) is 8.24. The number of quaternary nitrogens is 1. The van der Waals surface area contributed by atoms with Crippen LogP contribution in [0.4, 0.5) is 11.4 Å². The predicted molar refractivity (Wildman–Crippen MR) is 116 cm³/mol. The maximum absolute atomic E-state index is 11.8. The van der Waals surface area contributed by atoms with E-state index in [4.69, 9.17) is 38.1 Å². The summed E-state index contributed by atoms with van der Waals surface area (Å²) in [5.41, 5.74) is 0.502. The van der Waals surface area contributed by atoms with Gasteiger partial charge in [-0.25, -0.2) is 18.5 Å². The van der Waals surface area contributed by atoms with Crippen LogP contribution in [0.1, 0.15) is 6.92 Å². The van der Waals surface area contributed by atoms with Crippen molar-refractivity contribution in [2.75, 3.05) is 17.6 Å². The van der Waals surface area contributed by atoms with Crippen LogP contribution in [0.25, 0.3) is 0 Å². The van der Waals surface area contributed by atoms with Crippen LogP contribution >= 0.6 is 23.2 Å². The van der Waals surface area contributed by atoms with E-state index in [9.17, 15) is 13.2 Å². The Morgan fingerprint density at radius 2 is 1.87 bits per heavy atom. The van der Waals surface area contributed by atoms with Crippen molar-refractivity contribution in [3.63, 3.8) is 0 Å². The van der Waals surface area contributed by atoms with Crippen molar-refractivity contribution >= 4 is 56.3 Å². The number of rotatable bonds is 9. The molecule has 11 heteroatoms. The lowest BCUT2D eigenvalue weighted by Crippen LogP contribution is -2.77. The summed E-state index contributed by atoms with van der Waals surface area (Å²) >= 11 is 12.1. The minimum absolute atomic E-state index is 0.132. The van der Waals surface area contributed by atoms with Gasteiger partial charge in [-0.15, -0.1) is 0 Å². The molecular formula is C19H20Cl2N3O5S+. The van der Waals surface area contributed by atoms with Crippen LogP contribution in [-0.4, -0.2) is 33.0 Å². The molecule has 0 aromatic heterocycles. The molecule has 0 unspecified atom stereocenters. The van der Waals surface area contributed by atoms with E-state index >= 15 is 0 Å². The fraction of sp³-hybridized carbons (Fsp3) is 0.158. The van der Waals surface area contributed by atoms with E-state index in [-0.39, 0.29) is 12.5 Å². The van der Waals surface area contributed by atoms with E-state index in [1.807, 2.05) is 0 Å². The highest BCUT2D eigenvalue weighted by atomic mass is 35.5. The van der Waals surface area contributed by atoms with E-state index < -0.39 is 21.7 Å². The number of halogens is 2. The monoisotopic (exact) mass is 472 g/mol. The summed E-state index contributed by atoms with van der Waals surface area (Å²) in [4.78, 5) is 11.8. The molecule has 2 rings (SSSR count). The second-order valence-corrected chi connectivity index (χ2v) is 8.58. The van der Waals surface area contributed by atoms with Gasteiger partial charge < -0.3 is 9.47 Å². The number of nitrogens with one attached hydrogen (secondary N) is 2. The van der Waals surface area contributed by atoms with Crippen LogP contribution in [0.5, 0.6) is 5.75 Å². The summed E-state index contributed by atoms with van der Waals surface area (Å²) in [5, 5.41) is 10.2. The number of nitrogens with two attached hydrogens (primary N) is 1. The fourth-order valence-corrected chi connectivity index (χ4v) is 3.25. The molecule has 0 saturated heterocycles. The minimum atomic E-state index is -3.41. The van der Waals surface area contributed by atoms with Crippen molar-refractivity contribution in [3.05, 3.63) is 64.5 Å². The Bertz CT molecular complexity index is 1070. The Balaban J connectivity index is 2.28. The first kappa shape index (κ1) is 23.7. The third-order valence-electron chi connectivity index (χ3n) is 3.44. The third-order valence-corrected chi connectivity index (χ3v) is 4.60. The first-order valence-corrected chi connectivity index (χ1v) is 11.2. The first-order valence-electron chi connectivity index (χ1n) is 8.60. The smallest absolute Gasteiger partial charge is 0.356 e. The van der Waals surface area contributed by atoms with Crippen LogP contribution in [0, 0.1) is 5.41 Å². The molecule has 30 heavy (non-hydrogen) atoms. The molecule has 2 aromatic carbocycles. The molecule has 0 saturated carbocycles. The van der Waals surface area contributed by atoms with Gasteiger partial charge in [0, 0.05) is 16.8 Å². The number of carbonyl (C=O) groups excluding carboxylic acids is 1. The van der Waals surface area contributed by atoms with Gasteiger partial charge in [0.25, 0.3) is 0 Å². The van der Waals surface area contributed by atoms with Crippen molar-refractivity contribution in [1.29, 1.82) is 5.41 Å². The minimum Gasteiger partial charge on any atom is -0.461 e. The van der Waals surface area contributed by atoms with Crippen molar-refractivity contribution in [2.45, 2.75) is 6.92 Å². The number of ether oxygens (including phenoxy) is 2. The van der Waals surface area contributed by atoms with E-state index in [1.54, 1.807) is 25.1 Å². The van der Waals surface area contributed by atoms with E-state index in [2.05, 4.69) is 4.72 Å². The van der Waals surface area contributed by atoms with E-state index in [0.29, 0.717) is 27.2 Å². The molecule has 0 radical (unpaired) electrons. The summed E-state index contributed by atoms with van der Waals surface area (Å²) in [6.07, 6.45) is 2.25. The average molecular weight is 473 g/mol. The van der Waals surface area contributed by atoms with Gasteiger partial charge in [0.1, 0.15) is 16.5 Å². The lowest BCUT2D eigenvalue weighted by atomic mass is 10.3. The van der Waals surface area contributed by atoms with Crippen LogP contribution in [0.15, 0.2) is 54.4 Å². The highest BCUT2D eigenvalue weighted by molar-refractivity contribution is 7.92. The predicted octanol–water partition coefficient (Wildman–Crippen LogP) is 3.06. The lowest BCUT2D eigenvalue weighted by Gasteiger charge is -2.10. The normalized spacial score (nSPS) is 11.7. The van der Waals surface area contributed by atoms with Crippen molar-refractivity contribution in [3.8, 4) is 5.75 Å². The Labute approximate surface area is 184 Å². The number of benzene rings is 2. The van der Waals surface area contributed by atoms with Crippen molar-refractivity contribution in [2.24, 2.45) is 0 Å². The fourth-order valence-electron chi connectivity index (χ4n) is 2.22. The molecule has 0 aliphatic carbocycles. The highest BCUT2D eigenvalue weighted by Gasteiger charge is 2.16. The molecule has 160 valence electrons. The molecule has 0 heterocycles. The Morgan fingerprint density at radius 3 is 2.43 bits per heavy atom. The third kappa shape index (κ3) is 7.68. The summed E-state index contributed by atoms with van der Waals surface area (Å²) < 4.78 is 35.6. The van der Waals surface area contributed by atoms with Gasteiger partial charge in [-0.3, -0.25) is 10.1 Å². The summed E-state index contributed by atoms with van der Waals surface area (Å²) in [6.45, 7) is 1.77. The molecule has 0 aliphatic rings. The summed E-state index contributed by atoms with van der Waals surface area (Å²) in [7, 11) is -3.41. The van der Waals surface area contributed by atoms with Gasteiger partial charge in [0.05, 0.1) is 18.9 Å². The average Bonchev–Trinajstić information content (AvgIpc) is 2.64. The summed E-state index contributed by atoms with van der Waals surface area (Å²) in [5.74, 6) is -0.318. The van der Waals surface area contributed by atoms with Gasteiger partial charge in [0.2, 0.25) is 10.0 Å². The number of hydrogen-bond acceptors (Lipinski definition) is 6. The van der Waals surface area contributed by atoms with E-state index in [0.717, 1.165) is 6.26 Å². The van der Waals surface area contributed by atoms with Gasteiger partial charge in [0.15, 0.2) is 5.69 Å². The molecule has 2 aromatic rings. The zero-order valence-electron chi connectivity index (χ0n) is 16.1. The second-order valence-electron chi connectivity index (χ2n) is 5.99. The van der Waals surface area contributed by atoms with Gasteiger partial charge in [-0.2, -0.15) is 0 Å². The van der Waals surface area contributed by atoms with Crippen LogP contribution in [-0.2, 0) is 19.6 Å². The largest absolute Gasteiger partial charge is 0.461 e. The molecule has 0 spiro atoms. The number of sulfonamides is 1. The molecule has 0 bridgehead atoms. The SMILES string of the molecule is CCOC(=O)C(=N)/C=C(\[NH2+]c1ccc(Cl)cc1Cl)Oc1ccc(NS(C)(=O)=O)cc1. The molecule has 8 nitrogen and oxygen atoms in total. The van der Waals surface area contributed by atoms with Crippen LogP contribution in [0.2, 0.25) is 10.0 Å². The second kappa shape index (κ2) is 10.4. The summed E-state index contributed by atoms with van der Waals surface area (Å²) in [6, 6.07) is 10.9. The lowest BCUT2D eigenvalue weighted by molar-refractivity contribution is -0.542. The number of esters is 1. The Morgan fingerprint density at radius 1 is 1.20 bits per heavy atom. The maximum Gasteiger partial charge on any atom is 0.356 e. The van der Waals surface area contributed by atoms with Crippen LogP contribution < -0.4 is 14.8 Å². The standard InChI is InChI=1S/C19H19Cl2N3O5S/c1-3-28-19(25)16(22)11-18(23-17-9-4-12(20)10-15(17)21)29-14-7-5-13(6-8-14)24-30(2,26)27/h4-11,22-24H,3H2,1-2H3/p+1/b18-11+,22-16?. The topological polar surface area (TPSA) is 122 Å². The van der Waals surface area contributed by atoms with Crippen molar-refractivity contribution < 1.29 is 28.0 Å². The zero-order valence-corrected chi connectivity index (χ0v) is 18.4. The van der Waals surface area contributed by atoms with Gasteiger partial charge in [-0.1, -0.05) is 23.2 Å². The maximum atomic E-state index is 11.8. The van der Waals surface area contributed by atoms with Gasteiger partial charge in [-0.05, 0) is 43.3 Å².